The average Bonchev–Trinajstić information content (AvgIpc) is 3.41. The van der Waals surface area contributed by atoms with E-state index in [2.05, 4.69) is 4.74 Å². The lowest BCUT2D eigenvalue weighted by Crippen LogP contribution is -2.57. The van der Waals surface area contributed by atoms with Crippen LogP contribution in [0.3, 0.4) is 0 Å². The maximum atomic E-state index is 15.0. The number of amides is 1. The zero-order chi connectivity index (χ0) is 32.2. The van der Waals surface area contributed by atoms with Gasteiger partial charge in [0, 0.05) is 28.6 Å². The number of carbonyl (C=O) groups is 2. The van der Waals surface area contributed by atoms with Gasteiger partial charge in [-0.3, -0.25) is 9.69 Å². The fourth-order valence-corrected chi connectivity index (χ4v) is 7.42. The Hall–Kier alpha value is -3.95. The minimum Gasteiger partial charge on any atom is -0.497 e. The fraction of sp³-hybridized carbons (Fsp3) is 0.286. The van der Waals surface area contributed by atoms with Gasteiger partial charge in [-0.1, -0.05) is 29.8 Å². The van der Waals surface area contributed by atoms with Crippen LogP contribution >= 0.6 is 11.6 Å². The molecule has 1 saturated heterocycles. The van der Waals surface area contributed by atoms with Crippen LogP contribution in [0.25, 0.3) is 0 Å². The molecular formula is C28H22ClF5N2O7S. The van der Waals surface area contributed by atoms with Gasteiger partial charge < -0.3 is 19.0 Å². The number of hydrogen-bond donors (Lipinski definition) is 0. The number of halogens is 6. The summed E-state index contributed by atoms with van der Waals surface area (Å²) in [5, 5.41) is -0.0331. The average molecular weight is 661 g/mol. The third-order valence-electron chi connectivity index (χ3n) is 7.35. The number of alkyl halides is 5. The molecule has 1 fully saturated rings. The molecule has 0 bridgehead atoms. The molecular weight excluding hydrogens is 639 g/mol. The van der Waals surface area contributed by atoms with Crippen molar-refractivity contribution >= 4 is 39.5 Å². The minimum absolute atomic E-state index is 0.0311. The molecule has 0 radical (unpaired) electrons. The Morgan fingerprint density at radius 1 is 0.977 bits per heavy atom. The van der Waals surface area contributed by atoms with Crippen molar-refractivity contribution in [3.63, 3.8) is 0 Å². The number of nitrogens with zero attached hydrogens (tertiary/aromatic N) is 2. The Labute approximate surface area is 252 Å². The van der Waals surface area contributed by atoms with Crippen LogP contribution in [0.2, 0.25) is 5.02 Å². The summed E-state index contributed by atoms with van der Waals surface area (Å²) in [5.41, 5.74) is -3.21. The van der Waals surface area contributed by atoms with Gasteiger partial charge in [0.05, 0.1) is 32.5 Å². The van der Waals surface area contributed by atoms with Gasteiger partial charge >= 0.3 is 6.36 Å². The molecule has 0 aliphatic carbocycles. The molecule has 2 atom stereocenters. The molecule has 0 aromatic heterocycles. The Balaban J connectivity index is 1.85. The lowest BCUT2D eigenvalue weighted by atomic mass is 9.81. The standard InChI is InChI=1S/C28H22ClF5N2O7S/c1-41-18-8-10-24(23(12-18)43-28(32,33)34)44(39,40)36-21-9-7-16(29)11-20(21)27(25(36)38,19-5-3-4-6-22(19)42-2)35-15-26(30,31)13-17(35)14-37/h3-12,14,17H,13,15H2,1-2H3/t17-,27?/m0/s1. The van der Waals surface area contributed by atoms with Crippen LogP contribution in [-0.2, 0) is 25.2 Å². The summed E-state index contributed by atoms with van der Waals surface area (Å²) in [6.45, 7) is -1.16. The number of aldehydes is 1. The Kier molecular flexibility index (Phi) is 7.79. The quantitative estimate of drug-likeness (QED) is 0.242. The number of benzene rings is 3. The van der Waals surface area contributed by atoms with Gasteiger partial charge in [0.2, 0.25) is 0 Å². The number of sulfonamides is 1. The van der Waals surface area contributed by atoms with Crippen molar-refractivity contribution in [3.8, 4) is 17.2 Å². The van der Waals surface area contributed by atoms with Gasteiger partial charge in [0.15, 0.2) is 11.3 Å². The summed E-state index contributed by atoms with van der Waals surface area (Å²) >= 11 is 6.30. The van der Waals surface area contributed by atoms with Crippen LogP contribution in [0.15, 0.2) is 65.6 Å². The first kappa shape index (κ1) is 31.5. The summed E-state index contributed by atoms with van der Waals surface area (Å²) < 4.78 is 113. The first-order valence-corrected chi connectivity index (χ1v) is 14.5. The summed E-state index contributed by atoms with van der Waals surface area (Å²) in [4.78, 5) is 26.8. The molecule has 3 aromatic rings. The maximum absolute atomic E-state index is 15.0. The monoisotopic (exact) mass is 660 g/mol. The third kappa shape index (κ3) is 5.02. The summed E-state index contributed by atoms with van der Waals surface area (Å²) in [7, 11) is -2.95. The first-order valence-electron chi connectivity index (χ1n) is 12.7. The summed E-state index contributed by atoms with van der Waals surface area (Å²) in [5.74, 6) is -6.32. The highest BCUT2D eigenvalue weighted by Gasteiger charge is 2.65. The molecule has 44 heavy (non-hydrogen) atoms. The van der Waals surface area contributed by atoms with Crippen molar-refractivity contribution in [1.29, 1.82) is 0 Å². The summed E-state index contributed by atoms with van der Waals surface area (Å²) in [6, 6.07) is 10.0. The molecule has 1 unspecified atom stereocenters. The van der Waals surface area contributed by atoms with Crippen LogP contribution < -0.4 is 18.5 Å². The Morgan fingerprint density at radius 2 is 1.68 bits per heavy atom. The van der Waals surface area contributed by atoms with Gasteiger partial charge in [-0.05, 0) is 36.4 Å². The van der Waals surface area contributed by atoms with Crippen molar-refractivity contribution in [2.45, 2.75) is 35.2 Å². The molecule has 0 saturated carbocycles. The van der Waals surface area contributed by atoms with Gasteiger partial charge in [-0.15, -0.1) is 13.2 Å². The normalized spacial score (nSPS) is 21.7. The highest BCUT2D eigenvalue weighted by Crippen LogP contribution is 2.56. The van der Waals surface area contributed by atoms with Crippen molar-refractivity contribution < 1.29 is 54.2 Å². The second kappa shape index (κ2) is 10.9. The molecule has 2 aliphatic rings. The van der Waals surface area contributed by atoms with E-state index in [4.69, 9.17) is 21.1 Å². The van der Waals surface area contributed by atoms with Gasteiger partial charge in [-0.2, -0.15) is 0 Å². The molecule has 3 aromatic carbocycles. The number of methoxy groups -OCH3 is 2. The fourth-order valence-electron chi connectivity index (χ4n) is 5.69. The number of rotatable bonds is 8. The summed E-state index contributed by atoms with van der Waals surface area (Å²) in [6.07, 6.45) is -6.13. The van der Waals surface area contributed by atoms with E-state index in [9.17, 15) is 40.0 Å². The number of hydrogen-bond acceptors (Lipinski definition) is 8. The van der Waals surface area contributed by atoms with Gasteiger partial charge in [0.1, 0.15) is 22.7 Å². The molecule has 0 N–H and O–H groups in total. The van der Waals surface area contributed by atoms with Crippen molar-refractivity contribution in [3.05, 3.63) is 76.8 Å². The van der Waals surface area contributed by atoms with E-state index in [0.717, 1.165) is 30.2 Å². The van der Waals surface area contributed by atoms with Crippen LogP contribution in [0.4, 0.5) is 27.6 Å². The maximum Gasteiger partial charge on any atom is 0.573 e. The predicted molar refractivity (Wildman–Crippen MR) is 146 cm³/mol. The van der Waals surface area contributed by atoms with E-state index in [1.165, 1.54) is 43.5 Å². The van der Waals surface area contributed by atoms with Crippen molar-refractivity contribution in [1.82, 2.24) is 4.90 Å². The van der Waals surface area contributed by atoms with Gasteiger partial charge in [0.25, 0.3) is 21.9 Å². The lowest BCUT2D eigenvalue weighted by molar-refractivity contribution is -0.275. The number of ether oxygens (including phenoxy) is 3. The number of anilines is 1. The zero-order valence-corrected chi connectivity index (χ0v) is 24.3. The molecule has 2 aliphatic heterocycles. The SMILES string of the molecule is COc1ccc(S(=O)(=O)N2C(=O)C(c3ccccc3OC)(N3CC(F)(F)C[C@H]3C=O)c3cc(Cl)ccc32)c(OC(F)(F)F)c1. The molecule has 9 nitrogen and oxygen atoms in total. The Bertz CT molecular complexity index is 1750. The van der Waals surface area contributed by atoms with Crippen LogP contribution in [-0.4, -0.2) is 64.6 Å². The predicted octanol–water partition coefficient (Wildman–Crippen LogP) is 5.14. The van der Waals surface area contributed by atoms with Crippen LogP contribution in [0.1, 0.15) is 17.5 Å². The molecule has 1 amide bonds. The van der Waals surface area contributed by atoms with E-state index in [0.29, 0.717) is 6.07 Å². The number of carbonyl (C=O) groups excluding carboxylic acids is 2. The number of fused-ring (bicyclic) bond motifs is 1. The second-order valence-electron chi connectivity index (χ2n) is 9.90. The van der Waals surface area contributed by atoms with Crippen molar-refractivity contribution in [2.24, 2.45) is 0 Å². The van der Waals surface area contributed by atoms with E-state index in [-0.39, 0.29) is 38.2 Å². The minimum atomic E-state index is -5.35. The molecule has 234 valence electrons. The van der Waals surface area contributed by atoms with E-state index >= 15 is 0 Å². The number of para-hydroxylation sites is 1. The molecule has 0 spiro atoms. The van der Waals surface area contributed by atoms with Gasteiger partial charge in [-0.25, -0.2) is 21.5 Å². The van der Waals surface area contributed by atoms with Crippen LogP contribution in [0.5, 0.6) is 17.2 Å². The third-order valence-corrected chi connectivity index (χ3v) is 9.32. The molecule has 16 heteroatoms. The largest absolute Gasteiger partial charge is 0.573 e. The molecule has 5 rings (SSSR count). The number of likely N-dealkylation sites (tertiary alicyclic amines) is 1. The highest BCUT2D eigenvalue weighted by atomic mass is 35.5. The van der Waals surface area contributed by atoms with Crippen molar-refractivity contribution in [2.75, 3.05) is 25.1 Å². The van der Waals surface area contributed by atoms with Crippen LogP contribution in [0, 0.1) is 0 Å². The smallest absolute Gasteiger partial charge is 0.497 e. The first-order chi connectivity index (χ1) is 20.6. The van der Waals surface area contributed by atoms with E-state index in [1.54, 1.807) is 0 Å². The molecule has 2 heterocycles. The topological polar surface area (TPSA) is 102 Å². The zero-order valence-electron chi connectivity index (χ0n) is 22.8. The van der Waals surface area contributed by atoms with E-state index < -0.39 is 69.1 Å². The lowest BCUT2D eigenvalue weighted by Gasteiger charge is -2.40. The second-order valence-corrected chi connectivity index (χ2v) is 12.1. The van der Waals surface area contributed by atoms with E-state index in [1.807, 2.05) is 0 Å². The Morgan fingerprint density at radius 3 is 2.32 bits per heavy atom. The highest BCUT2D eigenvalue weighted by molar-refractivity contribution is 7.93.